The molecular formula is C26H33N3O2S. The van der Waals surface area contributed by atoms with Crippen molar-refractivity contribution in [3.8, 4) is 0 Å². The van der Waals surface area contributed by atoms with E-state index in [1.807, 2.05) is 27.2 Å². The Bertz CT molecular complexity index is 953. The van der Waals surface area contributed by atoms with Crippen molar-refractivity contribution in [2.24, 2.45) is 5.92 Å². The SMILES string of the molecule is C[C@@H]1CN(C(=O)CN2CCc3sccc3[C@H]2c2ccccc2)CCN1C(=O)C1CCCC1. The maximum absolute atomic E-state index is 13.4. The lowest BCUT2D eigenvalue weighted by Crippen LogP contribution is -2.58. The van der Waals surface area contributed by atoms with E-state index in [4.69, 9.17) is 0 Å². The van der Waals surface area contributed by atoms with E-state index in [2.05, 4.69) is 47.5 Å². The summed E-state index contributed by atoms with van der Waals surface area (Å²) in [6.45, 7) is 5.38. The number of rotatable bonds is 4. The molecule has 2 aromatic rings. The lowest BCUT2D eigenvalue weighted by Gasteiger charge is -2.42. The molecule has 2 aliphatic heterocycles. The molecule has 1 aromatic heterocycles. The van der Waals surface area contributed by atoms with Crippen LogP contribution in [0.3, 0.4) is 0 Å². The summed E-state index contributed by atoms with van der Waals surface area (Å²) in [6.07, 6.45) is 5.42. The minimum Gasteiger partial charge on any atom is -0.338 e. The zero-order valence-corrected chi connectivity index (χ0v) is 19.7. The quantitative estimate of drug-likeness (QED) is 0.707. The molecule has 32 heavy (non-hydrogen) atoms. The summed E-state index contributed by atoms with van der Waals surface area (Å²) in [5.74, 6) is 0.705. The number of hydrogen-bond acceptors (Lipinski definition) is 4. The Kier molecular flexibility index (Phi) is 6.33. The predicted molar refractivity (Wildman–Crippen MR) is 128 cm³/mol. The first kappa shape index (κ1) is 21.7. The number of hydrogen-bond donors (Lipinski definition) is 0. The minimum absolute atomic E-state index is 0.0931. The van der Waals surface area contributed by atoms with Crippen LogP contribution in [-0.4, -0.2) is 65.3 Å². The summed E-state index contributed by atoms with van der Waals surface area (Å²) in [4.78, 5) is 34.1. The maximum atomic E-state index is 13.4. The molecular weight excluding hydrogens is 418 g/mol. The van der Waals surface area contributed by atoms with Crippen LogP contribution in [0.5, 0.6) is 0 Å². The summed E-state index contributed by atoms with van der Waals surface area (Å²) in [5, 5.41) is 2.17. The standard InChI is InChI=1S/C26H33N3O2S/c1-19-17-27(14-15-29(19)26(31)21-9-5-6-10-21)24(30)18-28-13-11-23-22(12-16-32-23)25(28)20-7-3-2-4-8-20/h2-4,7-8,12,16,19,21,25H,5-6,9-11,13-15,17-18H2,1H3/t19-,25-/m1/s1. The molecule has 0 bridgehead atoms. The number of nitrogens with zero attached hydrogens (tertiary/aromatic N) is 3. The van der Waals surface area contributed by atoms with Gasteiger partial charge < -0.3 is 9.80 Å². The average Bonchev–Trinajstić information content (AvgIpc) is 3.51. The van der Waals surface area contributed by atoms with Gasteiger partial charge in [-0.3, -0.25) is 14.5 Å². The first-order valence-electron chi connectivity index (χ1n) is 12.1. The van der Waals surface area contributed by atoms with E-state index in [0.717, 1.165) is 25.8 Å². The average molecular weight is 452 g/mol. The summed E-state index contributed by atoms with van der Waals surface area (Å²) in [5.41, 5.74) is 2.60. The van der Waals surface area contributed by atoms with Crippen LogP contribution in [0.15, 0.2) is 41.8 Å². The third-order valence-electron chi connectivity index (χ3n) is 7.49. The van der Waals surface area contributed by atoms with Crippen LogP contribution >= 0.6 is 11.3 Å². The van der Waals surface area contributed by atoms with Gasteiger partial charge in [-0.05, 0) is 48.8 Å². The van der Waals surface area contributed by atoms with Crippen molar-refractivity contribution >= 4 is 23.2 Å². The van der Waals surface area contributed by atoms with Crippen molar-refractivity contribution in [3.63, 3.8) is 0 Å². The fourth-order valence-corrected chi connectivity index (χ4v) is 6.66. The third-order valence-corrected chi connectivity index (χ3v) is 8.48. The predicted octanol–water partition coefficient (Wildman–Crippen LogP) is 3.95. The molecule has 6 heteroatoms. The van der Waals surface area contributed by atoms with Crippen LogP contribution in [-0.2, 0) is 16.0 Å². The Hall–Kier alpha value is -2.18. The van der Waals surface area contributed by atoms with E-state index in [0.29, 0.717) is 32.1 Å². The molecule has 3 aliphatic rings. The zero-order chi connectivity index (χ0) is 22.1. The Labute approximate surface area is 195 Å². The zero-order valence-electron chi connectivity index (χ0n) is 18.9. The lowest BCUT2D eigenvalue weighted by atomic mass is 9.93. The summed E-state index contributed by atoms with van der Waals surface area (Å²) >= 11 is 1.83. The van der Waals surface area contributed by atoms with Gasteiger partial charge in [-0.25, -0.2) is 0 Å². The maximum Gasteiger partial charge on any atom is 0.236 e. The molecule has 1 aromatic carbocycles. The first-order chi connectivity index (χ1) is 15.6. The Morgan fingerprint density at radius 1 is 1.03 bits per heavy atom. The fraction of sp³-hybridized carbons (Fsp3) is 0.538. The summed E-state index contributed by atoms with van der Waals surface area (Å²) < 4.78 is 0. The van der Waals surface area contributed by atoms with Gasteiger partial charge in [0.2, 0.25) is 11.8 Å². The van der Waals surface area contributed by atoms with Crippen molar-refractivity contribution in [2.45, 2.75) is 51.1 Å². The second-order valence-corrected chi connectivity index (χ2v) is 10.5. The first-order valence-corrected chi connectivity index (χ1v) is 12.9. The van der Waals surface area contributed by atoms with Gasteiger partial charge in [-0.2, -0.15) is 0 Å². The highest BCUT2D eigenvalue weighted by molar-refractivity contribution is 7.10. The van der Waals surface area contributed by atoms with Crippen LogP contribution in [0.2, 0.25) is 0 Å². The van der Waals surface area contributed by atoms with Gasteiger partial charge in [0, 0.05) is 43.0 Å². The molecule has 2 fully saturated rings. The van der Waals surface area contributed by atoms with E-state index in [1.165, 1.54) is 28.8 Å². The molecule has 5 nitrogen and oxygen atoms in total. The number of carbonyl (C=O) groups excluding carboxylic acids is 2. The van der Waals surface area contributed by atoms with Crippen LogP contribution in [0.1, 0.15) is 54.7 Å². The van der Waals surface area contributed by atoms with Gasteiger partial charge >= 0.3 is 0 Å². The van der Waals surface area contributed by atoms with E-state index >= 15 is 0 Å². The van der Waals surface area contributed by atoms with Crippen molar-refractivity contribution in [1.29, 1.82) is 0 Å². The van der Waals surface area contributed by atoms with Gasteiger partial charge in [0.15, 0.2) is 0 Å². The molecule has 0 spiro atoms. The fourth-order valence-electron chi connectivity index (χ4n) is 5.76. The monoisotopic (exact) mass is 451 g/mol. The van der Waals surface area contributed by atoms with Crippen LogP contribution in [0, 0.1) is 5.92 Å². The van der Waals surface area contributed by atoms with E-state index < -0.39 is 0 Å². The molecule has 1 saturated heterocycles. The molecule has 5 rings (SSSR count). The van der Waals surface area contributed by atoms with Crippen molar-refractivity contribution in [1.82, 2.24) is 14.7 Å². The number of carbonyl (C=O) groups is 2. The molecule has 170 valence electrons. The van der Waals surface area contributed by atoms with Gasteiger partial charge in [0.25, 0.3) is 0 Å². The number of benzene rings is 1. The molecule has 2 atom stereocenters. The van der Waals surface area contributed by atoms with Crippen molar-refractivity contribution in [3.05, 3.63) is 57.8 Å². The highest BCUT2D eigenvalue weighted by atomic mass is 32.1. The van der Waals surface area contributed by atoms with Crippen molar-refractivity contribution in [2.75, 3.05) is 32.7 Å². The number of piperazine rings is 1. The molecule has 1 aliphatic carbocycles. The Balaban J connectivity index is 1.26. The molecule has 2 amide bonds. The smallest absolute Gasteiger partial charge is 0.236 e. The molecule has 0 unspecified atom stereocenters. The van der Waals surface area contributed by atoms with Crippen LogP contribution < -0.4 is 0 Å². The molecule has 3 heterocycles. The van der Waals surface area contributed by atoms with E-state index in [1.54, 1.807) is 0 Å². The second-order valence-electron chi connectivity index (χ2n) is 9.53. The third kappa shape index (κ3) is 4.23. The normalized spacial score (nSPS) is 24.5. The molecule has 0 radical (unpaired) electrons. The van der Waals surface area contributed by atoms with E-state index in [9.17, 15) is 9.59 Å². The Morgan fingerprint density at radius 3 is 2.56 bits per heavy atom. The highest BCUT2D eigenvalue weighted by Gasteiger charge is 2.36. The van der Waals surface area contributed by atoms with E-state index in [-0.39, 0.29) is 23.9 Å². The van der Waals surface area contributed by atoms with Gasteiger partial charge in [-0.15, -0.1) is 11.3 Å². The van der Waals surface area contributed by atoms with Crippen molar-refractivity contribution < 1.29 is 9.59 Å². The lowest BCUT2D eigenvalue weighted by molar-refractivity contribution is -0.145. The second kappa shape index (κ2) is 9.36. The number of amides is 2. The van der Waals surface area contributed by atoms with Crippen LogP contribution in [0.4, 0.5) is 0 Å². The topological polar surface area (TPSA) is 43.9 Å². The Morgan fingerprint density at radius 2 is 1.81 bits per heavy atom. The van der Waals surface area contributed by atoms with Gasteiger partial charge in [-0.1, -0.05) is 43.2 Å². The van der Waals surface area contributed by atoms with Gasteiger partial charge in [0.1, 0.15) is 0 Å². The molecule has 1 saturated carbocycles. The van der Waals surface area contributed by atoms with Gasteiger partial charge in [0.05, 0.1) is 12.6 Å². The summed E-state index contributed by atoms with van der Waals surface area (Å²) in [7, 11) is 0. The molecule has 0 N–H and O–H groups in total. The summed E-state index contributed by atoms with van der Waals surface area (Å²) in [6, 6.07) is 13.0. The minimum atomic E-state index is 0.0931. The largest absolute Gasteiger partial charge is 0.338 e. The number of thiophene rings is 1. The number of fused-ring (bicyclic) bond motifs is 1. The van der Waals surface area contributed by atoms with Crippen LogP contribution in [0.25, 0.3) is 0 Å². The highest BCUT2D eigenvalue weighted by Crippen LogP contribution is 2.37.